The van der Waals surface area contributed by atoms with Gasteiger partial charge in [0, 0.05) is 10.4 Å². The summed E-state index contributed by atoms with van der Waals surface area (Å²) in [5.41, 5.74) is 0.680. The second kappa shape index (κ2) is 6.35. The minimum absolute atomic E-state index is 0.0634. The van der Waals surface area contributed by atoms with Crippen molar-refractivity contribution in [2.24, 2.45) is 0 Å². The monoisotopic (exact) mass is 338 g/mol. The Morgan fingerprint density at radius 1 is 1.26 bits per heavy atom. The summed E-state index contributed by atoms with van der Waals surface area (Å²) in [7, 11) is 0. The fraction of sp³-hybridized carbons (Fsp3) is 0.267. The molecule has 0 atom stereocenters. The first-order valence-electron chi connectivity index (χ1n) is 6.21. The van der Waals surface area contributed by atoms with Crippen LogP contribution >= 0.6 is 27.3 Å². The van der Waals surface area contributed by atoms with Crippen LogP contribution in [0, 0.1) is 0 Å². The topological polar surface area (TPSA) is 26.3 Å². The largest absolute Gasteiger partial charge is 0.493 e. The average molecular weight is 339 g/mol. The van der Waals surface area contributed by atoms with E-state index < -0.39 is 0 Å². The molecule has 1 aromatic carbocycles. The zero-order chi connectivity index (χ0) is 13.8. The van der Waals surface area contributed by atoms with Crippen molar-refractivity contribution in [3.8, 4) is 5.75 Å². The summed E-state index contributed by atoms with van der Waals surface area (Å²) in [6.07, 6.45) is 0.963. The van der Waals surface area contributed by atoms with Crippen LogP contribution in [0.4, 0.5) is 0 Å². The molecule has 100 valence electrons. The smallest absolute Gasteiger partial charge is 0.202 e. The lowest BCUT2D eigenvalue weighted by atomic mass is 10.1. The second-order valence-corrected chi connectivity index (χ2v) is 6.05. The Bertz CT molecular complexity index is 590. The van der Waals surface area contributed by atoms with Crippen LogP contribution in [0.5, 0.6) is 5.75 Å². The van der Waals surface area contributed by atoms with E-state index in [0.29, 0.717) is 12.2 Å². The third-order valence-corrected chi connectivity index (χ3v) is 4.58. The molecule has 4 heteroatoms. The Morgan fingerprint density at radius 3 is 2.63 bits per heavy atom. The van der Waals surface area contributed by atoms with Gasteiger partial charge in [-0.15, -0.1) is 11.3 Å². The minimum atomic E-state index is 0.0634. The Morgan fingerprint density at radius 2 is 2.05 bits per heavy atom. The molecule has 1 heterocycles. The van der Waals surface area contributed by atoms with Gasteiger partial charge in [-0.25, -0.2) is 0 Å². The molecule has 2 aromatic rings. The zero-order valence-electron chi connectivity index (χ0n) is 10.9. The molecule has 0 aliphatic rings. The van der Waals surface area contributed by atoms with Crippen LogP contribution in [0.2, 0.25) is 0 Å². The number of hydrogen-bond donors (Lipinski definition) is 0. The number of ketones is 1. The van der Waals surface area contributed by atoms with E-state index in [2.05, 4.69) is 22.9 Å². The number of benzene rings is 1. The molecule has 19 heavy (non-hydrogen) atoms. The molecule has 0 spiro atoms. The maximum absolute atomic E-state index is 12.3. The predicted molar refractivity (Wildman–Crippen MR) is 82.4 cm³/mol. The van der Waals surface area contributed by atoms with Crippen LogP contribution in [-0.4, -0.2) is 12.4 Å². The Hall–Kier alpha value is -1.13. The quantitative estimate of drug-likeness (QED) is 0.738. The van der Waals surface area contributed by atoms with E-state index in [0.717, 1.165) is 21.5 Å². The third kappa shape index (κ3) is 3.25. The number of halogens is 1. The molecule has 0 saturated heterocycles. The van der Waals surface area contributed by atoms with Gasteiger partial charge in [-0.05, 0) is 59.6 Å². The van der Waals surface area contributed by atoms with Crippen LogP contribution in [0.3, 0.4) is 0 Å². The number of thiophene rings is 1. The van der Waals surface area contributed by atoms with E-state index in [1.807, 2.05) is 37.3 Å². The molecule has 0 unspecified atom stereocenters. The molecule has 0 radical (unpaired) electrons. The van der Waals surface area contributed by atoms with Crippen molar-refractivity contribution >= 4 is 33.0 Å². The van der Waals surface area contributed by atoms with Crippen LogP contribution in [0.1, 0.15) is 34.0 Å². The van der Waals surface area contributed by atoms with Gasteiger partial charge in [0.25, 0.3) is 0 Å². The van der Waals surface area contributed by atoms with Crippen molar-refractivity contribution in [3.05, 3.63) is 50.1 Å². The van der Waals surface area contributed by atoms with Crippen LogP contribution < -0.4 is 4.74 Å². The fourth-order valence-electron chi connectivity index (χ4n) is 1.75. The van der Waals surface area contributed by atoms with E-state index in [1.54, 1.807) is 11.3 Å². The first-order chi connectivity index (χ1) is 9.15. The lowest BCUT2D eigenvalue weighted by Crippen LogP contribution is -2.00. The third-order valence-electron chi connectivity index (χ3n) is 2.73. The van der Waals surface area contributed by atoms with Gasteiger partial charge in [-0.2, -0.15) is 0 Å². The maximum Gasteiger partial charge on any atom is 0.202 e. The lowest BCUT2D eigenvalue weighted by molar-refractivity contribution is 0.104. The van der Waals surface area contributed by atoms with Gasteiger partial charge in [-0.3, -0.25) is 4.79 Å². The van der Waals surface area contributed by atoms with E-state index >= 15 is 0 Å². The lowest BCUT2D eigenvalue weighted by Gasteiger charge is -2.07. The summed E-state index contributed by atoms with van der Waals surface area (Å²) in [6.45, 7) is 4.63. The second-order valence-electron chi connectivity index (χ2n) is 4.03. The normalized spacial score (nSPS) is 10.5. The van der Waals surface area contributed by atoms with Crippen LogP contribution in [0.25, 0.3) is 0 Å². The van der Waals surface area contributed by atoms with E-state index in [1.165, 1.54) is 4.88 Å². The predicted octanol–water partition coefficient (Wildman–Crippen LogP) is 4.70. The Kier molecular flexibility index (Phi) is 4.77. The summed E-state index contributed by atoms with van der Waals surface area (Å²) in [4.78, 5) is 14.4. The first-order valence-corrected chi connectivity index (χ1v) is 7.82. The average Bonchev–Trinajstić information content (AvgIpc) is 2.89. The van der Waals surface area contributed by atoms with Crippen molar-refractivity contribution in [2.45, 2.75) is 20.3 Å². The zero-order valence-corrected chi connectivity index (χ0v) is 13.3. The Balaban J connectivity index is 2.26. The molecular weight excluding hydrogens is 324 g/mol. The van der Waals surface area contributed by atoms with Crippen molar-refractivity contribution < 1.29 is 9.53 Å². The Labute approximate surface area is 125 Å². The summed E-state index contributed by atoms with van der Waals surface area (Å²) >= 11 is 4.99. The van der Waals surface area contributed by atoms with Crippen LogP contribution in [0.15, 0.2) is 34.8 Å². The molecule has 0 saturated carbocycles. The standard InChI is InChI=1S/C15H15BrO2S/c1-3-11-6-8-14(19-11)15(17)10-5-7-13(18-4-2)12(16)9-10/h5-9H,3-4H2,1-2H3. The maximum atomic E-state index is 12.3. The van der Waals surface area contributed by atoms with Gasteiger partial charge in [0.05, 0.1) is 16.0 Å². The molecule has 2 rings (SSSR count). The van der Waals surface area contributed by atoms with Crippen molar-refractivity contribution in [1.29, 1.82) is 0 Å². The highest BCUT2D eigenvalue weighted by molar-refractivity contribution is 9.10. The SMILES string of the molecule is CCOc1ccc(C(=O)c2ccc(CC)s2)cc1Br. The molecule has 0 aliphatic carbocycles. The summed E-state index contributed by atoms with van der Waals surface area (Å²) < 4.78 is 6.26. The number of carbonyl (C=O) groups excluding carboxylic acids is 1. The fourth-order valence-corrected chi connectivity index (χ4v) is 3.15. The highest BCUT2D eigenvalue weighted by Crippen LogP contribution is 2.28. The van der Waals surface area contributed by atoms with E-state index in [-0.39, 0.29) is 5.78 Å². The minimum Gasteiger partial charge on any atom is -0.493 e. The van der Waals surface area contributed by atoms with Gasteiger partial charge in [0.2, 0.25) is 5.78 Å². The number of hydrogen-bond acceptors (Lipinski definition) is 3. The van der Waals surface area contributed by atoms with E-state index in [4.69, 9.17) is 4.74 Å². The first kappa shape index (κ1) is 14.3. The molecule has 0 fully saturated rings. The van der Waals surface area contributed by atoms with Crippen molar-refractivity contribution in [1.82, 2.24) is 0 Å². The number of carbonyl (C=O) groups is 1. The highest BCUT2D eigenvalue weighted by Gasteiger charge is 2.13. The van der Waals surface area contributed by atoms with Gasteiger partial charge < -0.3 is 4.74 Å². The molecule has 0 aliphatic heterocycles. The van der Waals surface area contributed by atoms with Crippen LogP contribution in [-0.2, 0) is 6.42 Å². The highest BCUT2D eigenvalue weighted by atomic mass is 79.9. The molecule has 0 amide bonds. The van der Waals surface area contributed by atoms with Crippen molar-refractivity contribution in [2.75, 3.05) is 6.61 Å². The van der Waals surface area contributed by atoms with Gasteiger partial charge in [0.1, 0.15) is 5.75 Å². The molecule has 0 N–H and O–H groups in total. The summed E-state index contributed by atoms with van der Waals surface area (Å²) in [5.74, 6) is 0.827. The van der Waals surface area contributed by atoms with Crippen molar-refractivity contribution in [3.63, 3.8) is 0 Å². The molecule has 1 aromatic heterocycles. The molecule has 0 bridgehead atoms. The van der Waals surface area contributed by atoms with Gasteiger partial charge in [-0.1, -0.05) is 6.92 Å². The number of aryl methyl sites for hydroxylation is 1. The summed E-state index contributed by atoms with van der Waals surface area (Å²) in [5, 5.41) is 0. The number of ether oxygens (including phenoxy) is 1. The molecular formula is C15H15BrO2S. The van der Waals surface area contributed by atoms with E-state index in [9.17, 15) is 4.79 Å². The summed E-state index contributed by atoms with van der Waals surface area (Å²) in [6, 6.07) is 9.37. The molecule has 2 nitrogen and oxygen atoms in total. The van der Waals surface area contributed by atoms with Gasteiger partial charge in [0.15, 0.2) is 0 Å². The number of rotatable bonds is 5. The van der Waals surface area contributed by atoms with Gasteiger partial charge >= 0.3 is 0 Å².